The van der Waals surface area contributed by atoms with Crippen LogP contribution in [0.15, 0.2) is 59.1 Å². The van der Waals surface area contributed by atoms with Crippen LogP contribution in [0.2, 0.25) is 0 Å². The van der Waals surface area contributed by atoms with Gasteiger partial charge in [0.05, 0.1) is 0 Å². The molecule has 2 aromatic carbocycles. The lowest BCUT2D eigenvalue weighted by atomic mass is 10.1. The van der Waals surface area contributed by atoms with Crippen LogP contribution in [0.3, 0.4) is 0 Å². The predicted octanol–water partition coefficient (Wildman–Crippen LogP) is 3.45. The first-order valence-electron chi connectivity index (χ1n) is 8.03. The first-order chi connectivity index (χ1) is 11.2. The monoisotopic (exact) mass is 372 g/mol. The minimum atomic E-state index is 0.133. The fourth-order valence-electron chi connectivity index (χ4n) is 2.91. The highest BCUT2D eigenvalue weighted by atomic mass is 79.9. The summed E-state index contributed by atoms with van der Waals surface area (Å²) in [5.74, 6) is 0.133. The summed E-state index contributed by atoms with van der Waals surface area (Å²) < 4.78 is 0.949. The standard InChI is InChI=1S/C19H21BrN2O/c20-18-8-4-7-17(15-18)19(23)22-13-11-21(12-14-22)10-9-16-5-2-1-3-6-16/h1-8,15H,9-14H2. The molecule has 120 valence electrons. The lowest BCUT2D eigenvalue weighted by Crippen LogP contribution is -2.49. The smallest absolute Gasteiger partial charge is 0.253 e. The lowest BCUT2D eigenvalue weighted by molar-refractivity contribution is 0.0638. The van der Waals surface area contributed by atoms with Crippen molar-refractivity contribution in [2.45, 2.75) is 6.42 Å². The van der Waals surface area contributed by atoms with Gasteiger partial charge in [0.2, 0.25) is 0 Å². The number of halogens is 1. The SMILES string of the molecule is O=C(c1cccc(Br)c1)N1CCN(CCc2ccccc2)CC1. The summed E-state index contributed by atoms with van der Waals surface area (Å²) in [4.78, 5) is 16.9. The van der Waals surface area contributed by atoms with Crippen molar-refractivity contribution < 1.29 is 4.79 Å². The van der Waals surface area contributed by atoms with Crippen LogP contribution in [0.25, 0.3) is 0 Å². The molecule has 0 atom stereocenters. The van der Waals surface area contributed by atoms with E-state index >= 15 is 0 Å². The number of carbonyl (C=O) groups excluding carboxylic acids is 1. The molecule has 0 unspecified atom stereocenters. The van der Waals surface area contributed by atoms with Gasteiger partial charge < -0.3 is 4.90 Å². The number of benzene rings is 2. The normalized spacial score (nSPS) is 15.6. The zero-order valence-corrected chi connectivity index (χ0v) is 14.7. The molecule has 0 saturated carbocycles. The zero-order valence-electron chi connectivity index (χ0n) is 13.1. The van der Waals surface area contributed by atoms with Crippen molar-refractivity contribution in [2.75, 3.05) is 32.7 Å². The van der Waals surface area contributed by atoms with Gasteiger partial charge in [-0.25, -0.2) is 0 Å². The van der Waals surface area contributed by atoms with Gasteiger partial charge in [0.1, 0.15) is 0 Å². The molecule has 4 heteroatoms. The second-order valence-corrected chi connectivity index (χ2v) is 6.80. The highest BCUT2D eigenvalue weighted by molar-refractivity contribution is 9.10. The molecule has 1 amide bonds. The summed E-state index contributed by atoms with van der Waals surface area (Å²) in [6.07, 6.45) is 1.07. The summed E-state index contributed by atoms with van der Waals surface area (Å²) in [5, 5.41) is 0. The van der Waals surface area contributed by atoms with E-state index in [1.54, 1.807) is 0 Å². The molecular weight excluding hydrogens is 352 g/mol. The van der Waals surface area contributed by atoms with Gasteiger partial charge in [-0.05, 0) is 30.2 Å². The molecule has 2 aromatic rings. The van der Waals surface area contributed by atoms with E-state index in [0.717, 1.165) is 49.2 Å². The zero-order chi connectivity index (χ0) is 16.1. The van der Waals surface area contributed by atoms with E-state index in [9.17, 15) is 4.79 Å². The summed E-state index contributed by atoms with van der Waals surface area (Å²) in [6.45, 7) is 4.57. The number of piperazine rings is 1. The van der Waals surface area contributed by atoms with E-state index in [0.29, 0.717) is 0 Å². The molecule has 3 rings (SSSR count). The molecule has 1 aliphatic heterocycles. The molecule has 1 heterocycles. The molecule has 0 spiro atoms. The number of amides is 1. The molecule has 0 bridgehead atoms. The number of carbonyl (C=O) groups is 1. The van der Waals surface area contributed by atoms with Gasteiger partial charge >= 0.3 is 0 Å². The van der Waals surface area contributed by atoms with Crippen LogP contribution >= 0.6 is 15.9 Å². The molecule has 3 nitrogen and oxygen atoms in total. The highest BCUT2D eigenvalue weighted by Gasteiger charge is 2.21. The molecule has 1 aliphatic rings. The Hall–Kier alpha value is -1.65. The molecule has 0 aliphatic carbocycles. The molecule has 23 heavy (non-hydrogen) atoms. The second-order valence-electron chi connectivity index (χ2n) is 5.88. The second kappa shape index (κ2) is 7.75. The minimum Gasteiger partial charge on any atom is -0.336 e. The van der Waals surface area contributed by atoms with Crippen LogP contribution in [-0.2, 0) is 6.42 Å². The Kier molecular flexibility index (Phi) is 5.47. The van der Waals surface area contributed by atoms with Gasteiger partial charge in [-0.1, -0.05) is 52.3 Å². The Morgan fingerprint density at radius 2 is 1.70 bits per heavy atom. The molecular formula is C19H21BrN2O. The van der Waals surface area contributed by atoms with Gasteiger partial charge in [-0.15, -0.1) is 0 Å². The molecule has 0 aromatic heterocycles. The molecule has 0 N–H and O–H groups in total. The third-order valence-electron chi connectivity index (χ3n) is 4.29. The van der Waals surface area contributed by atoms with Crippen LogP contribution in [0.1, 0.15) is 15.9 Å². The average molecular weight is 373 g/mol. The van der Waals surface area contributed by atoms with E-state index in [1.807, 2.05) is 29.2 Å². The van der Waals surface area contributed by atoms with Crippen molar-refractivity contribution in [3.05, 3.63) is 70.2 Å². The van der Waals surface area contributed by atoms with Crippen molar-refractivity contribution >= 4 is 21.8 Å². The lowest BCUT2D eigenvalue weighted by Gasteiger charge is -2.34. The van der Waals surface area contributed by atoms with Gasteiger partial charge in [-0.2, -0.15) is 0 Å². The summed E-state index contributed by atoms with van der Waals surface area (Å²) in [6, 6.07) is 18.2. The topological polar surface area (TPSA) is 23.6 Å². The van der Waals surface area contributed by atoms with Crippen molar-refractivity contribution in [3.8, 4) is 0 Å². The van der Waals surface area contributed by atoms with Gasteiger partial charge in [0, 0.05) is 42.8 Å². The van der Waals surface area contributed by atoms with Gasteiger partial charge in [-0.3, -0.25) is 9.69 Å². The summed E-state index contributed by atoms with van der Waals surface area (Å²) in [5.41, 5.74) is 2.14. The maximum absolute atomic E-state index is 12.5. The van der Waals surface area contributed by atoms with Crippen molar-refractivity contribution in [1.82, 2.24) is 9.80 Å². The number of hydrogen-bond donors (Lipinski definition) is 0. The van der Waals surface area contributed by atoms with Crippen molar-refractivity contribution in [1.29, 1.82) is 0 Å². The maximum Gasteiger partial charge on any atom is 0.253 e. The molecule has 0 radical (unpaired) electrons. The van der Waals surface area contributed by atoms with E-state index < -0.39 is 0 Å². The Bertz CT molecular complexity index is 651. The number of hydrogen-bond acceptors (Lipinski definition) is 2. The summed E-state index contributed by atoms with van der Waals surface area (Å²) >= 11 is 3.43. The number of nitrogens with zero attached hydrogens (tertiary/aromatic N) is 2. The van der Waals surface area contributed by atoms with Crippen LogP contribution in [0, 0.1) is 0 Å². The third-order valence-corrected chi connectivity index (χ3v) is 4.78. The minimum absolute atomic E-state index is 0.133. The molecule has 1 saturated heterocycles. The van der Waals surface area contributed by atoms with Crippen molar-refractivity contribution in [2.24, 2.45) is 0 Å². The van der Waals surface area contributed by atoms with E-state index in [2.05, 4.69) is 51.2 Å². The largest absolute Gasteiger partial charge is 0.336 e. The van der Waals surface area contributed by atoms with Crippen LogP contribution in [0.5, 0.6) is 0 Å². The van der Waals surface area contributed by atoms with E-state index in [4.69, 9.17) is 0 Å². The first kappa shape index (κ1) is 16.2. The van der Waals surface area contributed by atoms with Gasteiger partial charge in [0.25, 0.3) is 5.91 Å². The Morgan fingerprint density at radius 3 is 2.39 bits per heavy atom. The quantitative estimate of drug-likeness (QED) is 0.820. The number of rotatable bonds is 4. The molecule has 1 fully saturated rings. The predicted molar refractivity (Wildman–Crippen MR) is 96.6 cm³/mol. The first-order valence-corrected chi connectivity index (χ1v) is 8.83. The Labute approximate surface area is 146 Å². The van der Waals surface area contributed by atoms with Crippen LogP contribution in [0.4, 0.5) is 0 Å². The van der Waals surface area contributed by atoms with Crippen LogP contribution < -0.4 is 0 Å². The van der Waals surface area contributed by atoms with Gasteiger partial charge in [0.15, 0.2) is 0 Å². The summed E-state index contributed by atoms with van der Waals surface area (Å²) in [7, 11) is 0. The highest BCUT2D eigenvalue weighted by Crippen LogP contribution is 2.15. The van der Waals surface area contributed by atoms with E-state index in [1.165, 1.54) is 5.56 Å². The Balaban J connectivity index is 1.49. The fourth-order valence-corrected chi connectivity index (χ4v) is 3.31. The van der Waals surface area contributed by atoms with E-state index in [-0.39, 0.29) is 5.91 Å². The van der Waals surface area contributed by atoms with Crippen LogP contribution in [-0.4, -0.2) is 48.4 Å². The average Bonchev–Trinajstić information content (AvgIpc) is 2.61. The maximum atomic E-state index is 12.5. The fraction of sp³-hybridized carbons (Fsp3) is 0.316. The third kappa shape index (κ3) is 4.43. The van der Waals surface area contributed by atoms with Crippen molar-refractivity contribution in [3.63, 3.8) is 0 Å². The Morgan fingerprint density at radius 1 is 0.957 bits per heavy atom.